The zero-order valence-electron chi connectivity index (χ0n) is 12.9. The molecule has 0 saturated carbocycles. The van der Waals surface area contributed by atoms with Crippen LogP contribution in [0.5, 0.6) is 0 Å². The summed E-state index contributed by atoms with van der Waals surface area (Å²) < 4.78 is 9.85. The predicted molar refractivity (Wildman–Crippen MR) is 86.5 cm³/mol. The molecule has 0 aliphatic rings. The average molecular weight is 328 g/mol. The van der Waals surface area contributed by atoms with E-state index < -0.39 is 18.0 Å². The molecule has 0 atom stereocenters. The van der Waals surface area contributed by atoms with Gasteiger partial charge in [0.15, 0.2) is 0 Å². The van der Waals surface area contributed by atoms with Gasteiger partial charge in [-0.3, -0.25) is 0 Å². The number of rotatable bonds is 5. The lowest BCUT2D eigenvalue weighted by molar-refractivity contribution is 0.0472. The second-order valence-corrected chi connectivity index (χ2v) is 4.84. The highest BCUT2D eigenvalue weighted by Crippen LogP contribution is 2.13. The van der Waals surface area contributed by atoms with Crippen molar-refractivity contribution in [2.45, 2.75) is 6.61 Å². The first-order valence-electron chi connectivity index (χ1n) is 7.00. The Kier molecular flexibility index (Phi) is 5.51. The first kappa shape index (κ1) is 17.0. The smallest absolute Gasteiger partial charge is 0.338 e. The minimum Gasteiger partial charge on any atom is -0.465 e. The maximum atomic E-state index is 12.1. The lowest BCUT2D eigenvalue weighted by atomic mass is 10.1. The number of hydrogen-bond acceptors (Lipinski definition) is 5. The molecular formula is C17H16N2O5. The normalized spacial score (nSPS) is 9.88. The van der Waals surface area contributed by atoms with Crippen LogP contribution in [0.25, 0.3) is 0 Å². The van der Waals surface area contributed by atoms with Gasteiger partial charge < -0.3 is 20.5 Å². The Labute approximate surface area is 138 Å². The van der Waals surface area contributed by atoms with Gasteiger partial charge in [-0.1, -0.05) is 18.2 Å². The number of primary amides is 1. The van der Waals surface area contributed by atoms with Crippen molar-refractivity contribution in [3.05, 3.63) is 65.2 Å². The first-order chi connectivity index (χ1) is 11.5. The molecular weight excluding hydrogens is 312 g/mol. The Bertz CT molecular complexity index is 773. The molecule has 0 aliphatic heterocycles. The highest BCUT2D eigenvalue weighted by atomic mass is 16.5. The quantitative estimate of drug-likeness (QED) is 0.819. The summed E-state index contributed by atoms with van der Waals surface area (Å²) in [4.78, 5) is 34.4. The number of esters is 2. The van der Waals surface area contributed by atoms with Gasteiger partial charge in [0.25, 0.3) is 0 Å². The number of nitrogens with one attached hydrogen (secondary N) is 1. The van der Waals surface area contributed by atoms with Crippen LogP contribution >= 0.6 is 0 Å². The van der Waals surface area contributed by atoms with E-state index in [1.165, 1.54) is 13.2 Å². The van der Waals surface area contributed by atoms with Gasteiger partial charge in [-0.25, -0.2) is 14.4 Å². The van der Waals surface area contributed by atoms with Gasteiger partial charge in [0.2, 0.25) is 0 Å². The zero-order valence-corrected chi connectivity index (χ0v) is 12.9. The Morgan fingerprint density at radius 2 is 1.67 bits per heavy atom. The SMILES string of the molecule is COC(=O)c1cccc(COC(=O)c2cccc(NC(N)=O)c2)c1. The summed E-state index contributed by atoms with van der Waals surface area (Å²) in [5.41, 5.74) is 6.72. The third kappa shape index (κ3) is 4.57. The molecule has 0 bridgehead atoms. The molecule has 0 unspecified atom stereocenters. The van der Waals surface area contributed by atoms with Crippen molar-refractivity contribution < 1.29 is 23.9 Å². The topological polar surface area (TPSA) is 108 Å². The van der Waals surface area contributed by atoms with Crippen molar-refractivity contribution in [1.82, 2.24) is 0 Å². The van der Waals surface area contributed by atoms with Crippen LogP contribution in [-0.2, 0) is 16.1 Å². The number of carbonyl (C=O) groups excluding carboxylic acids is 3. The summed E-state index contributed by atoms with van der Waals surface area (Å²) in [5.74, 6) is -1.03. The van der Waals surface area contributed by atoms with E-state index >= 15 is 0 Å². The molecule has 0 aromatic heterocycles. The highest BCUT2D eigenvalue weighted by molar-refractivity contribution is 5.93. The van der Waals surface area contributed by atoms with Gasteiger partial charge in [-0.15, -0.1) is 0 Å². The van der Waals surface area contributed by atoms with Gasteiger partial charge in [0, 0.05) is 5.69 Å². The van der Waals surface area contributed by atoms with Crippen LogP contribution in [0.3, 0.4) is 0 Å². The minimum atomic E-state index is -0.722. The van der Waals surface area contributed by atoms with Gasteiger partial charge >= 0.3 is 18.0 Å². The van der Waals surface area contributed by atoms with Crippen molar-refractivity contribution in [3.8, 4) is 0 Å². The van der Waals surface area contributed by atoms with Crippen molar-refractivity contribution in [1.29, 1.82) is 0 Å². The van der Waals surface area contributed by atoms with Crippen molar-refractivity contribution >= 4 is 23.7 Å². The Balaban J connectivity index is 2.03. The number of nitrogens with two attached hydrogens (primary N) is 1. The molecule has 124 valence electrons. The summed E-state index contributed by atoms with van der Waals surface area (Å²) in [6, 6.07) is 12.1. The van der Waals surface area contributed by atoms with Gasteiger partial charge in [-0.2, -0.15) is 0 Å². The molecule has 0 aliphatic carbocycles. The molecule has 3 N–H and O–H groups in total. The molecule has 0 heterocycles. The van der Waals surface area contributed by atoms with E-state index in [1.807, 2.05) is 0 Å². The van der Waals surface area contributed by atoms with E-state index in [0.717, 1.165) is 0 Å². The Morgan fingerprint density at radius 1 is 1.00 bits per heavy atom. The first-order valence-corrected chi connectivity index (χ1v) is 7.00. The standard InChI is InChI=1S/C17H16N2O5/c1-23-15(20)12-5-2-4-11(8-12)10-24-16(21)13-6-3-7-14(9-13)19-17(18)22/h2-9H,10H2,1H3,(H3,18,19,22). The Morgan fingerprint density at radius 3 is 2.33 bits per heavy atom. The molecule has 7 heteroatoms. The lowest BCUT2D eigenvalue weighted by Gasteiger charge is -2.08. The summed E-state index contributed by atoms with van der Waals surface area (Å²) in [6.45, 7) is -0.00283. The monoisotopic (exact) mass is 328 g/mol. The van der Waals surface area contributed by atoms with Crippen molar-refractivity contribution in [2.24, 2.45) is 5.73 Å². The molecule has 0 spiro atoms. The lowest BCUT2D eigenvalue weighted by Crippen LogP contribution is -2.19. The number of hydrogen-bond donors (Lipinski definition) is 2. The van der Waals surface area contributed by atoms with E-state index in [2.05, 4.69) is 10.1 Å². The fourth-order valence-electron chi connectivity index (χ4n) is 2.00. The van der Waals surface area contributed by atoms with Gasteiger partial charge in [0.05, 0.1) is 18.2 Å². The molecule has 0 radical (unpaired) electrons. The average Bonchev–Trinajstić information content (AvgIpc) is 2.59. The second-order valence-electron chi connectivity index (χ2n) is 4.84. The molecule has 0 fully saturated rings. The van der Waals surface area contributed by atoms with Crippen molar-refractivity contribution in [2.75, 3.05) is 12.4 Å². The highest BCUT2D eigenvalue weighted by Gasteiger charge is 2.10. The fourth-order valence-corrected chi connectivity index (χ4v) is 2.00. The van der Waals surface area contributed by atoms with Crippen LogP contribution in [-0.4, -0.2) is 25.1 Å². The van der Waals surface area contributed by atoms with E-state index in [1.54, 1.807) is 42.5 Å². The van der Waals surface area contributed by atoms with Crippen molar-refractivity contribution in [3.63, 3.8) is 0 Å². The number of methoxy groups -OCH3 is 1. The molecule has 7 nitrogen and oxygen atoms in total. The largest absolute Gasteiger partial charge is 0.465 e. The van der Waals surface area contributed by atoms with Gasteiger partial charge in [-0.05, 0) is 35.9 Å². The third-order valence-electron chi connectivity index (χ3n) is 3.08. The van der Waals surface area contributed by atoms with Crippen LogP contribution in [0.4, 0.5) is 10.5 Å². The van der Waals surface area contributed by atoms with E-state index in [4.69, 9.17) is 10.5 Å². The van der Waals surface area contributed by atoms with Crippen LogP contribution in [0.15, 0.2) is 48.5 Å². The number of amides is 2. The summed E-state index contributed by atoms with van der Waals surface area (Å²) in [6.07, 6.45) is 0. The summed E-state index contributed by atoms with van der Waals surface area (Å²) >= 11 is 0. The van der Waals surface area contributed by atoms with Gasteiger partial charge in [0.1, 0.15) is 6.61 Å². The molecule has 0 saturated heterocycles. The summed E-state index contributed by atoms with van der Waals surface area (Å²) in [7, 11) is 1.29. The number of carbonyl (C=O) groups is 3. The van der Waals surface area contributed by atoms with E-state index in [9.17, 15) is 14.4 Å². The van der Waals surface area contributed by atoms with Crippen LogP contribution in [0, 0.1) is 0 Å². The third-order valence-corrected chi connectivity index (χ3v) is 3.08. The molecule has 2 aromatic carbocycles. The van der Waals surface area contributed by atoms with Crippen LogP contribution in [0.1, 0.15) is 26.3 Å². The predicted octanol–water partition coefficient (Wildman–Crippen LogP) is 2.32. The number of benzene rings is 2. The fraction of sp³-hybridized carbons (Fsp3) is 0.118. The van der Waals surface area contributed by atoms with Crippen LogP contribution in [0.2, 0.25) is 0 Å². The molecule has 2 rings (SSSR count). The second kappa shape index (κ2) is 7.77. The summed E-state index contributed by atoms with van der Waals surface area (Å²) in [5, 5.41) is 2.38. The number of urea groups is 1. The van der Waals surface area contributed by atoms with E-state index in [-0.39, 0.29) is 12.2 Å². The molecule has 2 amide bonds. The zero-order chi connectivity index (χ0) is 17.5. The molecule has 2 aromatic rings. The number of anilines is 1. The molecule has 24 heavy (non-hydrogen) atoms. The maximum absolute atomic E-state index is 12.1. The minimum absolute atomic E-state index is 0.00283. The number of ether oxygens (including phenoxy) is 2. The maximum Gasteiger partial charge on any atom is 0.338 e. The Hall–Kier alpha value is -3.35. The van der Waals surface area contributed by atoms with E-state index in [0.29, 0.717) is 16.8 Å². The van der Waals surface area contributed by atoms with Crippen LogP contribution < -0.4 is 11.1 Å².